The van der Waals surface area contributed by atoms with Gasteiger partial charge in [0.1, 0.15) is 4.91 Å². The zero-order valence-electron chi connectivity index (χ0n) is 14.8. The van der Waals surface area contributed by atoms with Gasteiger partial charge >= 0.3 is 11.9 Å². The Morgan fingerprint density at radius 3 is 2.00 bits per heavy atom. The van der Waals surface area contributed by atoms with Gasteiger partial charge in [-0.2, -0.15) is 0 Å². The van der Waals surface area contributed by atoms with Crippen molar-refractivity contribution in [3.8, 4) is 0 Å². The maximum Gasteiger partial charge on any atom is 0.345 e. The molecule has 0 radical (unpaired) electrons. The van der Waals surface area contributed by atoms with Crippen molar-refractivity contribution >= 4 is 23.7 Å². The molecule has 1 aliphatic heterocycles. The van der Waals surface area contributed by atoms with Crippen LogP contribution in [-0.4, -0.2) is 26.2 Å². The molecular formula is C22H16O4S. The number of benzene rings is 2. The minimum Gasteiger partial charge on any atom is -0.465 e. The molecule has 0 fully saturated rings. The smallest absolute Gasteiger partial charge is 0.345 e. The van der Waals surface area contributed by atoms with Crippen LogP contribution < -0.4 is 0 Å². The Hall–Kier alpha value is -2.79. The third-order valence-electron chi connectivity index (χ3n) is 5.57. The quantitative estimate of drug-likeness (QED) is 0.749. The Kier molecular flexibility index (Phi) is 3.40. The van der Waals surface area contributed by atoms with Crippen LogP contribution in [0.1, 0.15) is 28.2 Å². The normalized spacial score (nSPS) is 23.9. The van der Waals surface area contributed by atoms with E-state index in [9.17, 15) is 9.59 Å². The minimum atomic E-state index is -0.630. The lowest BCUT2D eigenvalue weighted by Crippen LogP contribution is -2.37. The molecule has 4 nitrogen and oxygen atoms in total. The maximum atomic E-state index is 12.7. The maximum absolute atomic E-state index is 12.7. The van der Waals surface area contributed by atoms with Crippen LogP contribution in [0.5, 0.6) is 0 Å². The van der Waals surface area contributed by atoms with Gasteiger partial charge < -0.3 is 9.47 Å². The minimum absolute atomic E-state index is 0.0477. The fraction of sp³-hybridized carbons (Fsp3) is 0.182. The topological polar surface area (TPSA) is 52.6 Å². The number of methoxy groups -OCH3 is 2. The van der Waals surface area contributed by atoms with E-state index >= 15 is 0 Å². The third kappa shape index (κ3) is 1.90. The number of hydrogen-bond donors (Lipinski definition) is 0. The summed E-state index contributed by atoms with van der Waals surface area (Å²) in [6.45, 7) is 0. The van der Waals surface area contributed by atoms with E-state index in [1.807, 2.05) is 24.3 Å². The van der Waals surface area contributed by atoms with Crippen LogP contribution in [0.3, 0.4) is 0 Å². The molecule has 0 amide bonds. The molecule has 6 rings (SSSR count). The van der Waals surface area contributed by atoms with Crippen molar-refractivity contribution in [3.05, 3.63) is 92.9 Å². The lowest BCUT2D eigenvalue weighted by atomic mass is 9.62. The first-order chi connectivity index (χ1) is 13.1. The summed E-state index contributed by atoms with van der Waals surface area (Å²) < 4.78 is 9.39. The molecule has 0 saturated carbocycles. The Morgan fingerprint density at radius 2 is 1.44 bits per heavy atom. The van der Waals surface area contributed by atoms with Gasteiger partial charge in [-0.15, -0.1) is 0 Å². The second-order valence-corrected chi connectivity index (χ2v) is 7.93. The highest BCUT2D eigenvalue weighted by atomic mass is 32.2. The summed E-state index contributed by atoms with van der Waals surface area (Å²) in [5, 5.41) is 0. The van der Waals surface area contributed by atoms with Crippen LogP contribution in [0.4, 0.5) is 0 Å². The first kappa shape index (κ1) is 16.4. The van der Waals surface area contributed by atoms with E-state index in [-0.39, 0.29) is 5.92 Å². The molecule has 2 aromatic rings. The van der Waals surface area contributed by atoms with E-state index in [1.54, 1.807) is 0 Å². The number of ether oxygens (including phenoxy) is 2. The summed E-state index contributed by atoms with van der Waals surface area (Å²) >= 11 is 1.39. The molecule has 2 aromatic carbocycles. The fourth-order valence-corrected chi connectivity index (χ4v) is 6.18. The van der Waals surface area contributed by atoms with Crippen LogP contribution >= 0.6 is 11.8 Å². The van der Waals surface area contributed by atoms with Gasteiger partial charge in [0.25, 0.3) is 0 Å². The first-order valence-electron chi connectivity index (χ1n) is 8.65. The molecule has 2 bridgehead atoms. The summed E-state index contributed by atoms with van der Waals surface area (Å²) in [5.74, 6) is -0.969. The molecule has 1 heterocycles. The van der Waals surface area contributed by atoms with Crippen molar-refractivity contribution in [1.29, 1.82) is 0 Å². The first-order valence-corrected chi connectivity index (χ1v) is 9.46. The molecule has 0 aromatic heterocycles. The van der Waals surface area contributed by atoms with Crippen LogP contribution in [0, 0.1) is 0 Å². The molecule has 0 unspecified atom stereocenters. The molecule has 0 saturated heterocycles. The molecule has 5 heteroatoms. The van der Waals surface area contributed by atoms with Crippen LogP contribution in [-0.2, 0) is 23.8 Å². The van der Waals surface area contributed by atoms with Gasteiger partial charge in [-0.3, -0.25) is 0 Å². The third-order valence-corrected chi connectivity index (χ3v) is 7.12. The van der Waals surface area contributed by atoms with E-state index in [0.29, 0.717) is 10.5 Å². The molecule has 4 aliphatic rings. The summed E-state index contributed by atoms with van der Waals surface area (Å²) in [7, 11) is 2.67. The van der Waals surface area contributed by atoms with E-state index < -0.39 is 16.7 Å². The highest BCUT2D eigenvalue weighted by Crippen LogP contribution is 2.68. The van der Waals surface area contributed by atoms with Gasteiger partial charge in [0.05, 0.1) is 24.5 Å². The summed E-state index contributed by atoms with van der Waals surface area (Å²) in [6.07, 6.45) is 2.11. The summed E-state index contributed by atoms with van der Waals surface area (Å²) in [5.41, 5.74) is 5.82. The molecular weight excluding hydrogens is 360 g/mol. The zero-order valence-corrected chi connectivity index (χ0v) is 15.6. The number of hydrogen-bond acceptors (Lipinski definition) is 5. The highest BCUT2D eigenvalue weighted by Gasteiger charge is 2.58. The van der Waals surface area contributed by atoms with Gasteiger partial charge in [0, 0.05) is 5.92 Å². The SMILES string of the molecule is COC(=O)C1=C(C(=O)OC)C2=CC3c4ccccc4C2(S1)c1ccccc13. The number of carbonyl (C=O) groups is 2. The van der Waals surface area contributed by atoms with Crippen molar-refractivity contribution in [1.82, 2.24) is 0 Å². The van der Waals surface area contributed by atoms with Crippen molar-refractivity contribution in [3.63, 3.8) is 0 Å². The van der Waals surface area contributed by atoms with Gasteiger partial charge in [-0.1, -0.05) is 66.4 Å². The van der Waals surface area contributed by atoms with Crippen molar-refractivity contribution in [2.45, 2.75) is 10.7 Å². The standard InChI is InChI=1S/C22H16O4S/c1-25-20(23)18-17-11-14-12-7-3-5-9-15(12)22(17,27-19(18)21(24)26-2)16-10-6-4-8-13(14)16/h3-11,14H,1-2H3. The van der Waals surface area contributed by atoms with Gasteiger partial charge in [-0.25, -0.2) is 9.59 Å². The van der Waals surface area contributed by atoms with E-state index in [4.69, 9.17) is 9.47 Å². The predicted octanol–water partition coefficient (Wildman–Crippen LogP) is 3.66. The van der Waals surface area contributed by atoms with Crippen molar-refractivity contribution in [2.24, 2.45) is 0 Å². The number of allylic oxidation sites excluding steroid dienone is 1. The van der Waals surface area contributed by atoms with Gasteiger partial charge in [-0.05, 0) is 27.8 Å². The monoisotopic (exact) mass is 376 g/mol. The summed E-state index contributed by atoms with van der Waals surface area (Å²) in [6, 6.07) is 16.5. The molecule has 1 spiro atoms. The summed E-state index contributed by atoms with van der Waals surface area (Å²) in [4.78, 5) is 25.5. The van der Waals surface area contributed by atoms with Crippen LogP contribution in [0.15, 0.2) is 70.7 Å². The van der Waals surface area contributed by atoms with E-state index in [2.05, 4.69) is 30.3 Å². The number of rotatable bonds is 2. The Bertz CT molecular complexity index is 1030. The molecule has 27 heavy (non-hydrogen) atoms. The average Bonchev–Trinajstić information content (AvgIpc) is 3.09. The molecule has 0 atom stereocenters. The number of carbonyl (C=O) groups excluding carboxylic acids is 2. The van der Waals surface area contributed by atoms with Gasteiger partial charge in [0.2, 0.25) is 0 Å². The predicted molar refractivity (Wildman–Crippen MR) is 102 cm³/mol. The molecule has 0 N–H and O–H groups in total. The van der Waals surface area contributed by atoms with E-state index in [1.165, 1.54) is 37.1 Å². The lowest BCUT2D eigenvalue weighted by molar-refractivity contribution is -0.138. The van der Waals surface area contributed by atoms with Crippen molar-refractivity contribution in [2.75, 3.05) is 14.2 Å². The fourth-order valence-electron chi connectivity index (χ4n) is 4.54. The van der Waals surface area contributed by atoms with Gasteiger partial charge in [0.15, 0.2) is 0 Å². The lowest BCUT2D eigenvalue weighted by Gasteiger charge is -2.46. The Labute approximate surface area is 160 Å². The number of thioether (sulfide) groups is 1. The Morgan fingerprint density at radius 1 is 0.889 bits per heavy atom. The highest BCUT2D eigenvalue weighted by molar-refractivity contribution is 8.05. The largest absolute Gasteiger partial charge is 0.465 e. The number of esters is 2. The Balaban J connectivity index is 1.85. The second kappa shape index (κ2) is 5.60. The van der Waals surface area contributed by atoms with Crippen LogP contribution in [0.25, 0.3) is 0 Å². The second-order valence-electron chi connectivity index (χ2n) is 6.70. The molecule has 134 valence electrons. The van der Waals surface area contributed by atoms with Crippen molar-refractivity contribution < 1.29 is 19.1 Å². The molecule has 3 aliphatic carbocycles. The van der Waals surface area contributed by atoms with E-state index in [0.717, 1.165) is 16.7 Å². The zero-order chi connectivity index (χ0) is 18.8. The average molecular weight is 376 g/mol. The van der Waals surface area contributed by atoms with Crippen LogP contribution in [0.2, 0.25) is 0 Å².